The van der Waals surface area contributed by atoms with Gasteiger partial charge in [-0.2, -0.15) is 0 Å². The molecule has 1 aliphatic heterocycles. The van der Waals surface area contributed by atoms with Gasteiger partial charge in [0, 0.05) is 13.5 Å². The van der Waals surface area contributed by atoms with Crippen LogP contribution in [0.3, 0.4) is 0 Å². The summed E-state index contributed by atoms with van der Waals surface area (Å²) in [5, 5.41) is 12.0. The maximum atomic E-state index is 11.7. The van der Waals surface area contributed by atoms with E-state index in [9.17, 15) is 9.59 Å². The van der Waals surface area contributed by atoms with Crippen LogP contribution in [0.5, 0.6) is 0 Å². The molecule has 86 valence electrons. The van der Waals surface area contributed by atoms with Gasteiger partial charge in [-0.05, 0) is 25.4 Å². The predicted octanol–water partition coefficient (Wildman–Crippen LogP) is -0.0825. The highest BCUT2D eigenvalue weighted by Gasteiger charge is 2.28. The molecule has 1 amide bonds. The van der Waals surface area contributed by atoms with Gasteiger partial charge in [0.25, 0.3) is 0 Å². The van der Waals surface area contributed by atoms with Crippen LogP contribution in [-0.4, -0.2) is 48.1 Å². The van der Waals surface area contributed by atoms with Crippen molar-refractivity contribution in [1.82, 2.24) is 10.2 Å². The number of amides is 1. The third-order valence-electron chi connectivity index (χ3n) is 2.86. The van der Waals surface area contributed by atoms with Gasteiger partial charge in [-0.1, -0.05) is 6.92 Å². The van der Waals surface area contributed by atoms with E-state index in [4.69, 9.17) is 5.11 Å². The standard InChI is InChI=1S/C10H18N2O3/c1-3-8(10(14)15)12(2)9(13)4-7-5-11-6-7/h7-8,11H,3-6H2,1-2H3,(H,14,15). The van der Waals surface area contributed by atoms with Crippen LogP contribution in [0.4, 0.5) is 0 Å². The molecule has 1 fully saturated rings. The zero-order valence-electron chi connectivity index (χ0n) is 9.19. The van der Waals surface area contributed by atoms with E-state index in [0.29, 0.717) is 18.8 Å². The first-order valence-electron chi connectivity index (χ1n) is 5.25. The molecule has 0 spiro atoms. The van der Waals surface area contributed by atoms with Crippen molar-refractivity contribution in [2.45, 2.75) is 25.8 Å². The van der Waals surface area contributed by atoms with Gasteiger partial charge in [-0.25, -0.2) is 4.79 Å². The van der Waals surface area contributed by atoms with Crippen LogP contribution in [0.25, 0.3) is 0 Å². The molecule has 0 radical (unpaired) electrons. The largest absolute Gasteiger partial charge is 0.480 e. The van der Waals surface area contributed by atoms with Crippen molar-refractivity contribution in [1.29, 1.82) is 0 Å². The molecule has 5 nitrogen and oxygen atoms in total. The molecule has 0 aliphatic carbocycles. The number of rotatable bonds is 5. The Bertz CT molecular complexity index is 251. The third-order valence-corrected chi connectivity index (χ3v) is 2.86. The van der Waals surface area contributed by atoms with Gasteiger partial charge in [-0.15, -0.1) is 0 Å². The van der Waals surface area contributed by atoms with Gasteiger partial charge in [0.1, 0.15) is 6.04 Å². The molecule has 0 aromatic rings. The number of carbonyl (C=O) groups excluding carboxylic acids is 1. The summed E-state index contributed by atoms with van der Waals surface area (Å²) in [6.07, 6.45) is 0.897. The lowest BCUT2D eigenvalue weighted by atomic mass is 9.98. The fraction of sp³-hybridized carbons (Fsp3) is 0.800. The molecule has 1 rings (SSSR count). The Hall–Kier alpha value is -1.10. The number of likely N-dealkylation sites (N-methyl/N-ethyl adjacent to an activating group) is 1. The van der Waals surface area contributed by atoms with Crippen LogP contribution < -0.4 is 5.32 Å². The van der Waals surface area contributed by atoms with Crippen molar-refractivity contribution in [3.05, 3.63) is 0 Å². The Kier molecular flexibility index (Phi) is 4.08. The van der Waals surface area contributed by atoms with E-state index in [1.165, 1.54) is 4.90 Å². The van der Waals surface area contributed by atoms with Crippen molar-refractivity contribution >= 4 is 11.9 Å². The van der Waals surface area contributed by atoms with Gasteiger partial charge in [0.15, 0.2) is 0 Å². The number of carboxylic acids is 1. The van der Waals surface area contributed by atoms with E-state index in [0.717, 1.165) is 13.1 Å². The quantitative estimate of drug-likeness (QED) is 0.671. The number of carboxylic acid groups (broad SMARTS) is 1. The van der Waals surface area contributed by atoms with Gasteiger partial charge in [-0.3, -0.25) is 4.79 Å². The molecule has 0 saturated carbocycles. The Balaban J connectivity index is 2.45. The minimum absolute atomic E-state index is 0.0734. The Labute approximate surface area is 89.4 Å². The number of nitrogens with zero attached hydrogens (tertiary/aromatic N) is 1. The minimum atomic E-state index is -0.930. The highest BCUT2D eigenvalue weighted by molar-refractivity contribution is 5.83. The molecule has 2 N–H and O–H groups in total. The molecule has 5 heteroatoms. The smallest absolute Gasteiger partial charge is 0.326 e. The van der Waals surface area contributed by atoms with E-state index in [2.05, 4.69) is 5.32 Å². The van der Waals surface area contributed by atoms with Crippen LogP contribution in [0.1, 0.15) is 19.8 Å². The second-order valence-electron chi connectivity index (χ2n) is 4.00. The van der Waals surface area contributed by atoms with Gasteiger partial charge >= 0.3 is 5.97 Å². The molecule has 15 heavy (non-hydrogen) atoms. The van der Waals surface area contributed by atoms with E-state index in [1.54, 1.807) is 14.0 Å². The Morgan fingerprint density at radius 3 is 2.47 bits per heavy atom. The van der Waals surface area contributed by atoms with Crippen LogP contribution in [0.2, 0.25) is 0 Å². The highest BCUT2D eigenvalue weighted by Crippen LogP contribution is 2.12. The summed E-state index contributed by atoms with van der Waals surface area (Å²) in [5.74, 6) is -0.623. The molecule has 0 aromatic heterocycles. The van der Waals surface area contributed by atoms with Crippen LogP contribution in [0, 0.1) is 5.92 Å². The van der Waals surface area contributed by atoms with Crippen molar-refractivity contribution in [3.63, 3.8) is 0 Å². The predicted molar refractivity (Wildman–Crippen MR) is 55.5 cm³/mol. The van der Waals surface area contributed by atoms with E-state index in [-0.39, 0.29) is 5.91 Å². The third kappa shape index (κ3) is 2.92. The van der Waals surface area contributed by atoms with Crippen LogP contribution in [-0.2, 0) is 9.59 Å². The van der Waals surface area contributed by atoms with Crippen molar-refractivity contribution in [2.24, 2.45) is 5.92 Å². The topological polar surface area (TPSA) is 69.6 Å². The molecule has 0 bridgehead atoms. The zero-order valence-corrected chi connectivity index (χ0v) is 9.19. The van der Waals surface area contributed by atoms with Gasteiger partial charge < -0.3 is 15.3 Å². The molecular formula is C10H18N2O3. The van der Waals surface area contributed by atoms with E-state index >= 15 is 0 Å². The van der Waals surface area contributed by atoms with Crippen molar-refractivity contribution in [2.75, 3.05) is 20.1 Å². The summed E-state index contributed by atoms with van der Waals surface area (Å²) < 4.78 is 0. The second kappa shape index (κ2) is 5.11. The van der Waals surface area contributed by atoms with Gasteiger partial charge in [0.05, 0.1) is 0 Å². The summed E-state index contributed by atoms with van der Waals surface area (Å²) in [7, 11) is 1.57. The number of nitrogens with one attached hydrogen (secondary N) is 1. The summed E-state index contributed by atoms with van der Waals surface area (Å²) in [4.78, 5) is 23.9. The first-order valence-corrected chi connectivity index (χ1v) is 5.25. The molecular weight excluding hydrogens is 196 g/mol. The molecule has 0 aromatic carbocycles. The molecule has 1 unspecified atom stereocenters. The SMILES string of the molecule is CCC(C(=O)O)N(C)C(=O)CC1CNC1. The number of hydrogen-bond acceptors (Lipinski definition) is 3. The molecule has 1 saturated heterocycles. The molecule has 1 atom stereocenters. The maximum absolute atomic E-state index is 11.7. The second-order valence-corrected chi connectivity index (χ2v) is 4.00. The lowest BCUT2D eigenvalue weighted by Crippen LogP contribution is -2.47. The zero-order chi connectivity index (χ0) is 11.4. The summed E-state index contributed by atoms with van der Waals surface area (Å²) in [6, 6.07) is -0.689. The van der Waals surface area contributed by atoms with Gasteiger partial charge in [0.2, 0.25) is 5.91 Å². The number of hydrogen-bond donors (Lipinski definition) is 2. The number of carbonyl (C=O) groups is 2. The van der Waals surface area contributed by atoms with Crippen LogP contribution >= 0.6 is 0 Å². The molecule has 1 heterocycles. The van der Waals surface area contributed by atoms with Crippen molar-refractivity contribution in [3.8, 4) is 0 Å². The minimum Gasteiger partial charge on any atom is -0.480 e. The first-order chi connectivity index (χ1) is 7.06. The maximum Gasteiger partial charge on any atom is 0.326 e. The monoisotopic (exact) mass is 214 g/mol. The summed E-state index contributed by atoms with van der Waals surface area (Å²) in [6.45, 7) is 3.50. The summed E-state index contributed by atoms with van der Waals surface area (Å²) in [5.41, 5.74) is 0. The summed E-state index contributed by atoms with van der Waals surface area (Å²) >= 11 is 0. The average Bonchev–Trinajstić information content (AvgIpc) is 2.11. The fourth-order valence-electron chi connectivity index (χ4n) is 1.67. The lowest BCUT2D eigenvalue weighted by molar-refractivity contribution is -0.149. The van der Waals surface area contributed by atoms with Crippen LogP contribution in [0.15, 0.2) is 0 Å². The van der Waals surface area contributed by atoms with E-state index < -0.39 is 12.0 Å². The lowest BCUT2D eigenvalue weighted by Gasteiger charge is -2.30. The van der Waals surface area contributed by atoms with E-state index in [1.807, 2.05) is 0 Å². The molecule has 1 aliphatic rings. The highest BCUT2D eigenvalue weighted by atomic mass is 16.4. The Morgan fingerprint density at radius 1 is 1.53 bits per heavy atom. The number of aliphatic carboxylic acids is 1. The normalized spacial score (nSPS) is 18.0. The fourth-order valence-corrected chi connectivity index (χ4v) is 1.67. The Morgan fingerprint density at radius 2 is 2.13 bits per heavy atom. The van der Waals surface area contributed by atoms with Crippen molar-refractivity contribution < 1.29 is 14.7 Å². The first kappa shape index (κ1) is 12.0. The average molecular weight is 214 g/mol.